The second kappa shape index (κ2) is 4.47. The van der Waals surface area contributed by atoms with Gasteiger partial charge in [0.15, 0.2) is 0 Å². The van der Waals surface area contributed by atoms with Crippen LogP contribution < -0.4 is 0 Å². The number of nitrogens with zero attached hydrogens (tertiary/aromatic N) is 1. The van der Waals surface area contributed by atoms with Crippen molar-refractivity contribution in [3.8, 4) is 0 Å². The van der Waals surface area contributed by atoms with E-state index < -0.39 is 40.2 Å². The Morgan fingerprint density at radius 2 is 1.60 bits per heavy atom. The zero-order chi connectivity index (χ0) is 18.2. The van der Waals surface area contributed by atoms with Gasteiger partial charge in [-0.1, -0.05) is 31.0 Å². The van der Waals surface area contributed by atoms with Crippen LogP contribution >= 0.6 is 0 Å². The first-order chi connectivity index (χ1) is 11.7. The minimum Gasteiger partial charge on any atom is -0.446 e. The Morgan fingerprint density at radius 3 is 2.04 bits per heavy atom. The van der Waals surface area contributed by atoms with Gasteiger partial charge in [0.2, 0.25) is 5.60 Å². The summed E-state index contributed by atoms with van der Waals surface area (Å²) in [6, 6.07) is 6.23. The number of esters is 1. The van der Waals surface area contributed by atoms with Gasteiger partial charge < -0.3 is 9.57 Å². The Labute approximate surface area is 143 Å². The van der Waals surface area contributed by atoms with E-state index in [1.165, 1.54) is 12.1 Å². The van der Waals surface area contributed by atoms with E-state index in [4.69, 9.17) is 9.57 Å². The monoisotopic (exact) mass is 343 g/mol. The topological polar surface area (TPSA) is 90.0 Å². The first-order valence-electron chi connectivity index (χ1n) is 8.09. The van der Waals surface area contributed by atoms with Crippen LogP contribution in [0.3, 0.4) is 0 Å². The van der Waals surface area contributed by atoms with Gasteiger partial charge in [0.1, 0.15) is 0 Å². The molecule has 1 aliphatic carbocycles. The normalized spacial score (nSPS) is 32.0. The molecule has 7 nitrogen and oxygen atoms in total. The third kappa shape index (κ3) is 1.61. The summed E-state index contributed by atoms with van der Waals surface area (Å²) in [5, 5.41) is 0.458. The number of amides is 2. The molecule has 0 spiro atoms. The first-order valence-corrected chi connectivity index (χ1v) is 8.09. The van der Waals surface area contributed by atoms with Crippen LogP contribution in [0.1, 0.15) is 54.3 Å². The highest BCUT2D eigenvalue weighted by atomic mass is 16.7. The number of rotatable bonds is 2. The first kappa shape index (κ1) is 15.8. The quantitative estimate of drug-likeness (QED) is 0.601. The molecule has 0 N–H and O–H groups in total. The smallest absolute Gasteiger partial charge is 0.377 e. The third-order valence-electron chi connectivity index (χ3n) is 6.34. The van der Waals surface area contributed by atoms with Gasteiger partial charge in [-0.2, -0.15) is 0 Å². The zero-order valence-corrected chi connectivity index (χ0v) is 14.1. The van der Waals surface area contributed by atoms with Crippen LogP contribution in [0.25, 0.3) is 0 Å². The van der Waals surface area contributed by atoms with E-state index in [1.54, 1.807) is 32.9 Å². The van der Waals surface area contributed by atoms with Gasteiger partial charge in [0.25, 0.3) is 11.8 Å². The second-order valence-corrected chi connectivity index (χ2v) is 7.50. The molecule has 2 fully saturated rings. The molecule has 2 heterocycles. The summed E-state index contributed by atoms with van der Waals surface area (Å²) in [6.45, 7) is 5.31. The predicted octanol–water partition coefficient (Wildman–Crippen LogP) is 1.86. The van der Waals surface area contributed by atoms with Crippen molar-refractivity contribution in [1.29, 1.82) is 0 Å². The SMILES string of the molecule is CC1(C)[C@@]2(C)CC[C@]1(C(=O)ON1C(=O)c3ccccc3C1=O)OC2=O. The van der Waals surface area contributed by atoms with Gasteiger partial charge >= 0.3 is 11.9 Å². The summed E-state index contributed by atoms with van der Waals surface area (Å²) in [7, 11) is 0. The molecule has 2 aliphatic heterocycles. The van der Waals surface area contributed by atoms with Crippen molar-refractivity contribution in [1.82, 2.24) is 5.06 Å². The number of hydrogen-bond donors (Lipinski definition) is 0. The largest absolute Gasteiger partial charge is 0.446 e. The van der Waals surface area contributed by atoms with Gasteiger partial charge in [-0.25, -0.2) is 4.79 Å². The van der Waals surface area contributed by atoms with Crippen molar-refractivity contribution in [2.45, 2.75) is 39.2 Å². The highest BCUT2D eigenvalue weighted by molar-refractivity contribution is 6.21. The lowest BCUT2D eigenvalue weighted by Gasteiger charge is -2.34. The van der Waals surface area contributed by atoms with Gasteiger partial charge in [-0.05, 0) is 31.9 Å². The molecular weight excluding hydrogens is 326 g/mol. The van der Waals surface area contributed by atoms with Crippen LogP contribution in [0.5, 0.6) is 0 Å². The number of benzene rings is 1. The molecule has 7 heteroatoms. The van der Waals surface area contributed by atoms with E-state index in [0.29, 0.717) is 17.9 Å². The number of fused-ring (bicyclic) bond motifs is 3. The van der Waals surface area contributed by atoms with E-state index in [2.05, 4.69) is 0 Å². The van der Waals surface area contributed by atoms with E-state index in [1.807, 2.05) is 0 Å². The molecule has 0 aromatic heterocycles. The molecule has 1 aromatic rings. The molecule has 3 aliphatic rings. The lowest BCUT2D eigenvalue weighted by molar-refractivity contribution is -0.201. The van der Waals surface area contributed by atoms with Crippen LogP contribution in [0.15, 0.2) is 24.3 Å². The third-order valence-corrected chi connectivity index (χ3v) is 6.34. The van der Waals surface area contributed by atoms with Crippen molar-refractivity contribution in [3.05, 3.63) is 35.4 Å². The minimum atomic E-state index is -1.49. The molecule has 1 saturated heterocycles. The molecular formula is C18H17NO6. The standard InChI is InChI=1S/C18H17NO6/c1-16(2)17(3)8-9-18(16,24-14(17)22)15(23)25-19-12(20)10-6-4-5-7-11(10)13(19)21/h4-7H,8-9H2,1-3H3/t17-,18+/m0/s1. The fourth-order valence-corrected chi connectivity index (χ4v) is 4.11. The van der Waals surface area contributed by atoms with Crippen LogP contribution in [-0.4, -0.2) is 34.4 Å². The van der Waals surface area contributed by atoms with Gasteiger partial charge in [0.05, 0.1) is 16.5 Å². The van der Waals surface area contributed by atoms with Crippen LogP contribution in [0, 0.1) is 10.8 Å². The van der Waals surface area contributed by atoms with Crippen LogP contribution in [0.4, 0.5) is 0 Å². The van der Waals surface area contributed by atoms with Gasteiger partial charge in [-0.15, -0.1) is 0 Å². The van der Waals surface area contributed by atoms with Crippen molar-refractivity contribution in [2.75, 3.05) is 0 Å². The van der Waals surface area contributed by atoms with Crippen molar-refractivity contribution in [2.24, 2.45) is 10.8 Å². The minimum absolute atomic E-state index is 0.178. The van der Waals surface area contributed by atoms with Crippen LogP contribution in [0.2, 0.25) is 0 Å². The van der Waals surface area contributed by atoms with Crippen molar-refractivity contribution >= 4 is 23.8 Å². The summed E-state index contributed by atoms with van der Waals surface area (Å²) >= 11 is 0. The second-order valence-electron chi connectivity index (χ2n) is 7.50. The van der Waals surface area contributed by atoms with Crippen molar-refractivity contribution < 1.29 is 28.8 Å². The Hall–Kier alpha value is -2.70. The fraction of sp³-hybridized carbons (Fsp3) is 0.444. The maximum Gasteiger partial charge on any atom is 0.377 e. The molecule has 2 atom stereocenters. The van der Waals surface area contributed by atoms with E-state index >= 15 is 0 Å². The average Bonchev–Trinajstić information content (AvgIpc) is 3.00. The molecule has 0 unspecified atom stereocenters. The zero-order valence-electron chi connectivity index (χ0n) is 14.1. The fourth-order valence-electron chi connectivity index (χ4n) is 4.11. The number of imide groups is 1. The summed E-state index contributed by atoms with van der Waals surface area (Å²) < 4.78 is 5.42. The van der Waals surface area contributed by atoms with E-state index in [-0.39, 0.29) is 11.1 Å². The Morgan fingerprint density at radius 1 is 1.04 bits per heavy atom. The average molecular weight is 343 g/mol. The Kier molecular flexibility index (Phi) is 2.83. The Balaban J connectivity index is 1.65. The highest BCUT2D eigenvalue weighted by Crippen LogP contribution is 2.65. The lowest BCUT2D eigenvalue weighted by Crippen LogP contribution is -2.51. The summed E-state index contributed by atoms with van der Waals surface area (Å²) in [5.74, 6) is -2.74. The summed E-state index contributed by atoms with van der Waals surface area (Å²) in [4.78, 5) is 55.0. The van der Waals surface area contributed by atoms with Gasteiger partial charge in [-0.3, -0.25) is 14.4 Å². The molecule has 130 valence electrons. The molecule has 2 amide bonds. The lowest BCUT2D eigenvalue weighted by atomic mass is 9.66. The molecule has 2 bridgehead atoms. The summed E-state index contributed by atoms with van der Waals surface area (Å²) in [5.41, 5.74) is -2.75. The van der Waals surface area contributed by atoms with Gasteiger partial charge in [0, 0.05) is 5.41 Å². The number of carbonyl (C=O) groups excluding carboxylic acids is 4. The van der Waals surface area contributed by atoms with Crippen LogP contribution in [-0.2, 0) is 19.2 Å². The number of ether oxygens (including phenoxy) is 1. The van der Waals surface area contributed by atoms with Crippen molar-refractivity contribution in [3.63, 3.8) is 0 Å². The molecule has 25 heavy (non-hydrogen) atoms. The predicted molar refractivity (Wildman–Crippen MR) is 83.0 cm³/mol. The summed E-state index contributed by atoms with van der Waals surface area (Å²) in [6.07, 6.45) is 0.778. The molecule has 4 rings (SSSR count). The number of carbonyl (C=O) groups is 4. The molecule has 0 radical (unpaired) electrons. The number of hydrogen-bond acceptors (Lipinski definition) is 6. The number of hydroxylamine groups is 2. The van der Waals surface area contributed by atoms with E-state index in [9.17, 15) is 19.2 Å². The molecule has 1 saturated carbocycles. The maximum absolute atomic E-state index is 12.9. The van der Waals surface area contributed by atoms with E-state index in [0.717, 1.165) is 0 Å². The maximum atomic E-state index is 12.9. The Bertz CT molecular complexity index is 824. The molecule has 1 aromatic carbocycles. The highest BCUT2D eigenvalue weighted by Gasteiger charge is 2.77.